The highest BCUT2D eigenvalue weighted by Gasteiger charge is 2.19. The molecule has 0 radical (unpaired) electrons. The van der Waals surface area contributed by atoms with E-state index in [-0.39, 0.29) is 0 Å². The second kappa shape index (κ2) is 6.36. The molecular formula is C13H24N4S. The van der Waals surface area contributed by atoms with E-state index in [4.69, 9.17) is 12.2 Å². The number of aromatic amines is 1. The van der Waals surface area contributed by atoms with Crippen LogP contribution in [0.3, 0.4) is 0 Å². The first-order valence-corrected chi connectivity index (χ1v) is 7.57. The van der Waals surface area contributed by atoms with Crippen molar-refractivity contribution >= 4 is 18.2 Å². The molecule has 0 amide bonds. The van der Waals surface area contributed by atoms with Gasteiger partial charge in [0.2, 0.25) is 5.95 Å². The van der Waals surface area contributed by atoms with E-state index >= 15 is 0 Å². The maximum atomic E-state index is 5.31. The fraction of sp³-hybridized carbons (Fsp3) is 0.846. The molecule has 1 aliphatic rings. The number of hydrogen-bond acceptors (Lipinski definition) is 3. The lowest BCUT2D eigenvalue weighted by Crippen LogP contribution is -2.27. The molecule has 1 saturated heterocycles. The first-order valence-electron chi connectivity index (χ1n) is 7.16. The molecule has 1 aromatic heterocycles. The van der Waals surface area contributed by atoms with Gasteiger partial charge >= 0.3 is 0 Å². The fourth-order valence-electron chi connectivity index (χ4n) is 2.75. The predicted molar refractivity (Wildman–Crippen MR) is 77.5 cm³/mol. The third-order valence-corrected chi connectivity index (χ3v) is 4.20. The second-order valence-electron chi connectivity index (χ2n) is 5.17. The molecule has 0 spiro atoms. The van der Waals surface area contributed by atoms with Gasteiger partial charge in [-0.1, -0.05) is 20.3 Å². The molecule has 1 aromatic rings. The smallest absolute Gasteiger partial charge is 0.225 e. The van der Waals surface area contributed by atoms with Crippen molar-refractivity contribution in [2.75, 3.05) is 18.0 Å². The summed E-state index contributed by atoms with van der Waals surface area (Å²) in [6, 6.07) is 0. The second-order valence-corrected chi connectivity index (χ2v) is 5.56. The lowest BCUT2D eigenvalue weighted by molar-refractivity contribution is 0.459. The zero-order valence-electron chi connectivity index (χ0n) is 11.5. The summed E-state index contributed by atoms with van der Waals surface area (Å²) in [5.74, 6) is 1.93. The Labute approximate surface area is 114 Å². The Morgan fingerprint density at radius 1 is 1.33 bits per heavy atom. The maximum Gasteiger partial charge on any atom is 0.225 e. The quantitative estimate of drug-likeness (QED) is 0.851. The lowest BCUT2D eigenvalue weighted by Gasteiger charge is -2.21. The van der Waals surface area contributed by atoms with Crippen molar-refractivity contribution < 1.29 is 0 Å². The normalized spacial score (nSPS) is 21.0. The highest BCUT2D eigenvalue weighted by atomic mass is 32.1. The minimum Gasteiger partial charge on any atom is -0.341 e. The molecule has 5 heteroatoms. The van der Waals surface area contributed by atoms with Crippen molar-refractivity contribution in [3.05, 3.63) is 4.77 Å². The third-order valence-electron chi connectivity index (χ3n) is 3.89. The van der Waals surface area contributed by atoms with Crippen LogP contribution < -0.4 is 4.90 Å². The van der Waals surface area contributed by atoms with Crippen LogP contribution in [0, 0.1) is 10.7 Å². The molecule has 1 unspecified atom stereocenters. The molecular weight excluding hydrogens is 244 g/mol. The molecule has 0 aromatic carbocycles. The molecule has 1 atom stereocenters. The highest BCUT2D eigenvalue weighted by molar-refractivity contribution is 7.71. The topological polar surface area (TPSA) is 36.9 Å². The van der Waals surface area contributed by atoms with E-state index in [1.165, 1.54) is 25.7 Å². The van der Waals surface area contributed by atoms with Gasteiger partial charge in [-0.2, -0.15) is 0 Å². The fourth-order valence-corrected chi connectivity index (χ4v) is 2.97. The zero-order chi connectivity index (χ0) is 13.0. The van der Waals surface area contributed by atoms with Crippen LogP contribution in [0.25, 0.3) is 0 Å². The molecule has 1 fully saturated rings. The van der Waals surface area contributed by atoms with Crippen LogP contribution in [-0.2, 0) is 6.54 Å². The van der Waals surface area contributed by atoms with E-state index in [0.29, 0.717) is 0 Å². The van der Waals surface area contributed by atoms with Gasteiger partial charge in [0.15, 0.2) is 4.77 Å². The van der Waals surface area contributed by atoms with Gasteiger partial charge in [-0.3, -0.25) is 4.57 Å². The molecule has 4 nitrogen and oxygen atoms in total. The Hall–Kier alpha value is -0.840. The summed E-state index contributed by atoms with van der Waals surface area (Å²) in [5, 5.41) is 7.36. The van der Waals surface area contributed by atoms with Crippen LogP contribution in [-0.4, -0.2) is 27.9 Å². The van der Waals surface area contributed by atoms with Crippen LogP contribution in [0.4, 0.5) is 5.95 Å². The molecule has 2 heterocycles. The molecule has 2 rings (SSSR count). The summed E-state index contributed by atoms with van der Waals surface area (Å²) in [4.78, 5) is 2.40. The first-order chi connectivity index (χ1) is 8.76. The van der Waals surface area contributed by atoms with Crippen molar-refractivity contribution in [1.82, 2.24) is 14.8 Å². The summed E-state index contributed by atoms with van der Waals surface area (Å²) >= 11 is 5.31. The molecule has 1 aliphatic heterocycles. The Bertz CT molecular complexity index is 423. The van der Waals surface area contributed by atoms with E-state index in [1.807, 2.05) is 0 Å². The average molecular weight is 268 g/mol. The van der Waals surface area contributed by atoms with Crippen molar-refractivity contribution in [1.29, 1.82) is 0 Å². The largest absolute Gasteiger partial charge is 0.341 e. The van der Waals surface area contributed by atoms with Gasteiger partial charge in [0.25, 0.3) is 0 Å². The average Bonchev–Trinajstić information content (AvgIpc) is 2.62. The number of hydrogen-bond donors (Lipinski definition) is 1. The van der Waals surface area contributed by atoms with Gasteiger partial charge in [-0.05, 0) is 43.8 Å². The Balaban J connectivity index is 2.13. The zero-order valence-corrected chi connectivity index (χ0v) is 12.3. The van der Waals surface area contributed by atoms with Gasteiger partial charge in [0.05, 0.1) is 0 Å². The Kier molecular flexibility index (Phi) is 4.80. The monoisotopic (exact) mass is 268 g/mol. The molecule has 1 N–H and O–H groups in total. The summed E-state index contributed by atoms with van der Waals surface area (Å²) in [7, 11) is 0. The Morgan fingerprint density at radius 2 is 2.17 bits per heavy atom. The van der Waals surface area contributed by atoms with E-state index in [9.17, 15) is 0 Å². The number of rotatable bonds is 4. The van der Waals surface area contributed by atoms with Crippen molar-refractivity contribution in [3.63, 3.8) is 0 Å². The van der Waals surface area contributed by atoms with Gasteiger partial charge in [-0.25, -0.2) is 5.10 Å². The standard InChI is InChI=1S/C13H24N4S/c1-3-8-17-12(14-15-13(17)18)16-9-5-6-11(4-2)7-10-16/h11H,3-10H2,1-2H3,(H,15,18). The van der Waals surface area contributed by atoms with Crippen molar-refractivity contribution in [3.8, 4) is 0 Å². The molecule has 0 bridgehead atoms. The number of aromatic nitrogens is 3. The van der Waals surface area contributed by atoms with Gasteiger partial charge in [0, 0.05) is 19.6 Å². The number of H-pyrrole nitrogens is 1. The third kappa shape index (κ3) is 2.94. The minimum atomic E-state index is 0.753. The van der Waals surface area contributed by atoms with E-state index in [1.54, 1.807) is 0 Å². The summed E-state index contributed by atoms with van der Waals surface area (Å²) in [5.41, 5.74) is 0. The lowest BCUT2D eigenvalue weighted by atomic mass is 9.98. The minimum absolute atomic E-state index is 0.753. The summed E-state index contributed by atoms with van der Waals surface area (Å²) in [6.07, 6.45) is 6.29. The molecule has 0 aliphatic carbocycles. The number of nitrogens with one attached hydrogen (secondary N) is 1. The van der Waals surface area contributed by atoms with Crippen LogP contribution in [0.15, 0.2) is 0 Å². The van der Waals surface area contributed by atoms with Crippen molar-refractivity contribution in [2.45, 2.75) is 52.5 Å². The van der Waals surface area contributed by atoms with E-state index < -0.39 is 0 Å². The Morgan fingerprint density at radius 3 is 2.89 bits per heavy atom. The molecule has 18 heavy (non-hydrogen) atoms. The van der Waals surface area contributed by atoms with Crippen LogP contribution in [0.5, 0.6) is 0 Å². The summed E-state index contributed by atoms with van der Waals surface area (Å²) < 4.78 is 2.89. The predicted octanol–water partition coefficient (Wildman–Crippen LogP) is 3.37. The molecule has 102 valence electrons. The van der Waals surface area contributed by atoms with Crippen LogP contribution >= 0.6 is 12.2 Å². The van der Waals surface area contributed by atoms with E-state index in [0.717, 1.165) is 42.7 Å². The van der Waals surface area contributed by atoms with Gasteiger partial charge in [0.1, 0.15) is 0 Å². The number of nitrogens with zero attached hydrogens (tertiary/aromatic N) is 3. The number of anilines is 1. The highest BCUT2D eigenvalue weighted by Crippen LogP contribution is 2.23. The van der Waals surface area contributed by atoms with Crippen molar-refractivity contribution in [2.24, 2.45) is 5.92 Å². The van der Waals surface area contributed by atoms with Crippen LogP contribution in [0.2, 0.25) is 0 Å². The maximum absolute atomic E-state index is 5.31. The SMILES string of the molecule is CCCn1c(N2CCCC(CC)CC2)n[nH]c1=S. The van der Waals surface area contributed by atoms with E-state index in [2.05, 4.69) is 33.5 Å². The van der Waals surface area contributed by atoms with Crippen LogP contribution in [0.1, 0.15) is 46.0 Å². The summed E-state index contributed by atoms with van der Waals surface area (Å²) in [6.45, 7) is 7.65. The van der Waals surface area contributed by atoms with Gasteiger partial charge in [-0.15, -0.1) is 5.10 Å². The first kappa shape index (κ1) is 13.6. The molecule has 0 saturated carbocycles. The van der Waals surface area contributed by atoms with Gasteiger partial charge < -0.3 is 4.90 Å².